The lowest BCUT2D eigenvalue weighted by Crippen LogP contribution is -3.13. The van der Waals surface area contributed by atoms with Gasteiger partial charge in [-0.1, -0.05) is 0 Å². The molecule has 2 aromatic rings. The molecule has 0 spiro atoms. The number of benzene rings is 2. The minimum Gasteiger partial charge on any atom is -0.493 e. The smallest absolute Gasteiger partial charge is 0.269 e. The van der Waals surface area contributed by atoms with Crippen molar-refractivity contribution < 1.29 is 24.1 Å². The van der Waals surface area contributed by atoms with Crippen molar-refractivity contribution in [3.8, 4) is 11.5 Å². The number of non-ortho nitro benzene ring substituents is 1. The summed E-state index contributed by atoms with van der Waals surface area (Å²) < 4.78 is 10.6. The summed E-state index contributed by atoms with van der Waals surface area (Å²) in [5, 5.41) is 10.7. The van der Waals surface area contributed by atoms with Crippen molar-refractivity contribution >= 4 is 11.6 Å². The first kappa shape index (κ1) is 19.6. The highest BCUT2D eigenvalue weighted by Crippen LogP contribution is 2.27. The lowest BCUT2D eigenvalue weighted by Gasteiger charge is -2.32. The van der Waals surface area contributed by atoms with Gasteiger partial charge in [-0.05, 0) is 30.3 Å². The van der Waals surface area contributed by atoms with Crippen LogP contribution in [0.15, 0.2) is 42.5 Å². The van der Waals surface area contributed by atoms with Crippen LogP contribution in [0, 0.1) is 10.1 Å². The van der Waals surface area contributed by atoms with Crippen LogP contribution in [0.4, 0.5) is 5.69 Å². The van der Waals surface area contributed by atoms with E-state index in [9.17, 15) is 14.9 Å². The van der Waals surface area contributed by atoms with E-state index in [0.717, 1.165) is 25.2 Å². The predicted molar refractivity (Wildman–Crippen MR) is 103 cm³/mol. The van der Waals surface area contributed by atoms with Gasteiger partial charge in [0.05, 0.1) is 45.3 Å². The summed E-state index contributed by atoms with van der Waals surface area (Å²) >= 11 is 0. The van der Waals surface area contributed by atoms with Gasteiger partial charge in [0.2, 0.25) is 0 Å². The van der Waals surface area contributed by atoms with Gasteiger partial charge >= 0.3 is 0 Å². The maximum atomic E-state index is 12.6. The fourth-order valence-electron chi connectivity index (χ4n) is 3.39. The Labute approximate surface area is 163 Å². The Bertz CT molecular complexity index is 845. The highest BCUT2D eigenvalue weighted by Gasteiger charge is 2.25. The minimum absolute atomic E-state index is 0.0132. The maximum absolute atomic E-state index is 12.6. The summed E-state index contributed by atoms with van der Waals surface area (Å²) in [6.07, 6.45) is 0. The Balaban J connectivity index is 1.57. The number of quaternary nitrogens is 1. The van der Waals surface area contributed by atoms with Crippen molar-refractivity contribution in [2.24, 2.45) is 0 Å². The fourth-order valence-corrected chi connectivity index (χ4v) is 3.39. The van der Waals surface area contributed by atoms with E-state index >= 15 is 0 Å². The second-order valence-corrected chi connectivity index (χ2v) is 6.71. The molecule has 2 aromatic carbocycles. The van der Waals surface area contributed by atoms with Crippen molar-refractivity contribution in [2.45, 2.75) is 6.54 Å². The second-order valence-electron chi connectivity index (χ2n) is 6.71. The van der Waals surface area contributed by atoms with Crippen LogP contribution in [0.2, 0.25) is 0 Å². The van der Waals surface area contributed by atoms with Gasteiger partial charge in [-0.25, -0.2) is 0 Å². The molecule has 8 heteroatoms. The number of piperazine rings is 1. The van der Waals surface area contributed by atoms with Crippen LogP contribution in [0.25, 0.3) is 0 Å². The molecule has 8 nitrogen and oxygen atoms in total. The number of nitro benzene ring substituents is 1. The van der Waals surface area contributed by atoms with Gasteiger partial charge in [0.25, 0.3) is 11.6 Å². The zero-order valence-electron chi connectivity index (χ0n) is 16.0. The number of nitrogens with one attached hydrogen (secondary N) is 1. The molecule has 0 atom stereocenters. The monoisotopic (exact) mass is 386 g/mol. The largest absolute Gasteiger partial charge is 0.493 e. The van der Waals surface area contributed by atoms with E-state index in [1.165, 1.54) is 29.2 Å². The summed E-state index contributed by atoms with van der Waals surface area (Å²) in [6, 6.07) is 11.7. The molecule has 1 amide bonds. The molecule has 1 heterocycles. The molecular weight excluding hydrogens is 362 g/mol. The van der Waals surface area contributed by atoms with Crippen LogP contribution in [-0.2, 0) is 6.54 Å². The van der Waals surface area contributed by atoms with Crippen LogP contribution < -0.4 is 14.4 Å². The van der Waals surface area contributed by atoms with E-state index in [4.69, 9.17) is 9.47 Å². The first-order valence-corrected chi connectivity index (χ1v) is 9.10. The van der Waals surface area contributed by atoms with E-state index in [2.05, 4.69) is 0 Å². The maximum Gasteiger partial charge on any atom is 0.269 e. The summed E-state index contributed by atoms with van der Waals surface area (Å²) in [7, 11) is 3.24. The number of ether oxygens (including phenoxy) is 2. The van der Waals surface area contributed by atoms with Crippen LogP contribution in [0.5, 0.6) is 11.5 Å². The predicted octanol–water partition coefficient (Wildman–Crippen LogP) is 1.15. The van der Waals surface area contributed by atoms with Crippen LogP contribution in [0.3, 0.4) is 0 Å². The molecule has 0 unspecified atom stereocenters. The highest BCUT2D eigenvalue weighted by atomic mass is 16.6. The number of methoxy groups -OCH3 is 2. The van der Waals surface area contributed by atoms with Gasteiger partial charge in [-0.15, -0.1) is 0 Å². The van der Waals surface area contributed by atoms with Crippen molar-refractivity contribution in [1.82, 2.24) is 4.90 Å². The van der Waals surface area contributed by atoms with Crippen molar-refractivity contribution in [3.63, 3.8) is 0 Å². The normalized spacial score (nSPS) is 14.6. The molecule has 1 N–H and O–H groups in total. The molecule has 0 aliphatic carbocycles. The molecule has 1 saturated heterocycles. The molecule has 28 heavy (non-hydrogen) atoms. The summed E-state index contributed by atoms with van der Waals surface area (Å²) in [5.74, 6) is 1.34. The average molecular weight is 386 g/mol. The molecule has 1 fully saturated rings. The summed E-state index contributed by atoms with van der Waals surface area (Å²) in [4.78, 5) is 26.1. The number of rotatable bonds is 6. The molecule has 0 bridgehead atoms. The van der Waals surface area contributed by atoms with Crippen molar-refractivity contribution in [2.75, 3.05) is 40.4 Å². The van der Waals surface area contributed by atoms with Crippen LogP contribution in [0.1, 0.15) is 15.9 Å². The average Bonchev–Trinajstić information content (AvgIpc) is 2.73. The highest BCUT2D eigenvalue weighted by molar-refractivity contribution is 5.94. The Morgan fingerprint density at radius 1 is 1.07 bits per heavy atom. The Morgan fingerprint density at radius 3 is 2.29 bits per heavy atom. The van der Waals surface area contributed by atoms with Crippen LogP contribution in [-0.4, -0.2) is 56.1 Å². The molecule has 0 radical (unpaired) electrons. The number of nitrogens with zero attached hydrogens (tertiary/aromatic N) is 2. The second kappa shape index (κ2) is 8.71. The van der Waals surface area contributed by atoms with E-state index in [1.54, 1.807) is 19.1 Å². The number of carbonyl (C=O) groups excluding carboxylic acids is 1. The standard InChI is InChI=1S/C20H23N3O5/c1-27-18-8-3-15(13-19(18)28-2)14-21-9-11-22(12-10-21)20(24)16-4-6-17(7-5-16)23(25)26/h3-8,13H,9-12,14H2,1-2H3/p+1. The number of carbonyl (C=O) groups is 1. The Kier molecular flexibility index (Phi) is 6.10. The molecule has 0 aromatic heterocycles. The zero-order chi connectivity index (χ0) is 20.1. The number of hydrogen-bond acceptors (Lipinski definition) is 5. The van der Waals surface area contributed by atoms with Gasteiger partial charge in [-0.2, -0.15) is 0 Å². The minimum atomic E-state index is -0.468. The van der Waals surface area contributed by atoms with Gasteiger partial charge in [0.15, 0.2) is 11.5 Å². The Morgan fingerprint density at radius 2 is 1.71 bits per heavy atom. The van der Waals surface area contributed by atoms with Gasteiger partial charge in [-0.3, -0.25) is 14.9 Å². The van der Waals surface area contributed by atoms with E-state index < -0.39 is 4.92 Å². The van der Waals surface area contributed by atoms with Gasteiger partial charge in [0, 0.05) is 23.3 Å². The third kappa shape index (κ3) is 4.40. The molecular formula is C20H24N3O5+. The quantitative estimate of drug-likeness (QED) is 0.595. The molecule has 3 rings (SSSR count). The van der Waals surface area contributed by atoms with Crippen LogP contribution >= 0.6 is 0 Å². The number of amides is 1. The fraction of sp³-hybridized carbons (Fsp3) is 0.350. The van der Waals surface area contributed by atoms with Gasteiger partial charge < -0.3 is 19.3 Å². The van der Waals surface area contributed by atoms with E-state index in [-0.39, 0.29) is 11.6 Å². The first-order valence-electron chi connectivity index (χ1n) is 9.10. The topological polar surface area (TPSA) is 86.4 Å². The van der Waals surface area contributed by atoms with Gasteiger partial charge in [0.1, 0.15) is 6.54 Å². The third-order valence-corrected chi connectivity index (χ3v) is 4.98. The molecule has 1 aliphatic rings. The molecule has 148 valence electrons. The summed E-state index contributed by atoms with van der Waals surface area (Å²) in [5.41, 5.74) is 1.62. The van der Waals surface area contributed by atoms with E-state index in [1.807, 2.05) is 18.2 Å². The van der Waals surface area contributed by atoms with E-state index in [0.29, 0.717) is 30.2 Å². The SMILES string of the molecule is COc1ccc(C[NH+]2CCN(C(=O)c3ccc([N+](=O)[O-])cc3)CC2)cc1OC. The zero-order valence-corrected chi connectivity index (χ0v) is 16.0. The van der Waals surface area contributed by atoms with Crippen molar-refractivity contribution in [3.05, 3.63) is 63.7 Å². The Hall–Kier alpha value is -3.13. The number of nitro groups is 1. The lowest BCUT2D eigenvalue weighted by atomic mass is 10.1. The summed E-state index contributed by atoms with van der Waals surface area (Å²) in [6.45, 7) is 3.83. The molecule has 1 aliphatic heterocycles. The third-order valence-electron chi connectivity index (χ3n) is 4.98. The number of hydrogen-bond donors (Lipinski definition) is 1. The van der Waals surface area contributed by atoms with Crippen molar-refractivity contribution in [1.29, 1.82) is 0 Å². The first-order chi connectivity index (χ1) is 13.5. The lowest BCUT2D eigenvalue weighted by molar-refractivity contribution is -0.917. The molecule has 0 saturated carbocycles.